The van der Waals surface area contributed by atoms with E-state index in [1.165, 1.54) is 11.1 Å². The van der Waals surface area contributed by atoms with Crippen LogP contribution in [0.15, 0.2) is 18.2 Å². The Labute approximate surface area is 126 Å². The van der Waals surface area contributed by atoms with Gasteiger partial charge in [0.1, 0.15) is 5.75 Å². The van der Waals surface area contributed by atoms with Crippen molar-refractivity contribution in [3.8, 4) is 5.75 Å². The molecule has 0 fully saturated rings. The van der Waals surface area contributed by atoms with Gasteiger partial charge in [-0.3, -0.25) is 4.79 Å². The lowest BCUT2D eigenvalue weighted by Gasteiger charge is -2.29. The fourth-order valence-corrected chi connectivity index (χ4v) is 3.13. The van der Waals surface area contributed by atoms with E-state index in [0.29, 0.717) is 18.8 Å². The summed E-state index contributed by atoms with van der Waals surface area (Å²) in [6.07, 6.45) is 2.88. The molecule has 0 aliphatic carbocycles. The average molecular weight is 291 g/mol. The summed E-state index contributed by atoms with van der Waals surface area (Å²) in [4.78, 5) is 11.7. The number of aryl methyl sites for hydroxylation is 1. The Morgan fingerprint density at radius 1 is 1.48 bits per heavy atom. The highest BCUT2D eigenvalue weighted by atomic mass is 16.5. The van der Waals surface area contributed by atoms with Crippen molar-refractivity contribution in [3.05, 3.63) is 29.3 Å². The number of carboxylic acid groups (broad SMARTS) is 1. The third-order valence-electron chi connectivity index (χ3n) is 4.29. The van der Waals surface area contributed by atoms with Crippen molar-refractivity contribution in [1.82, 2.24) is 0 Å². The first-order valence-corrected chi connectivity index (χ1v) is 7.65. The molecular formula is C17H25NO3. The van der Waals surface area contributed by atoms with Crippen molar-refractivity contribution in [2.24, 2.45) is 17.1 Å². The van der Waals surface area contributed by atoms with Gasteiger partial charge in [-0.1, -0.05) is 26.0 Å². The van der Waals surface area contributed by atoms with Crippen LogP contribution in [0.3, 0.4) is 0 Å². The molecule has 1 unspecified atom stereocenters. The Morgan fingerprint density at radius 2 is 2.24 bits per heavy atom. The molecule has 21 heavy (non-hydrogen) atoms. The van der Waals surface area contributed by atoms with Crippen molar-refractivity contribution in [1.29, 1.82) is 0 Å². The lowest BCUT2D eigenvalue weighted by atomic mass is 9.75. The quantitative estimate of drug-likeness (QED) is 0.810. The molecule has 0 saturated carbocycles. The number of fused-ring (bicyclic) bond motifs is 1. The van der Waals surface area contributed by atoms with Crippen LogP contribution in [0.2, 0.25) is 0 Å². The van der Waals surface area contributed by atoms with Crippen LogP contribution in [0.1, 0.15) is 37.8 Å². The largest absolute Gasteiger partial charge is 0.493 e. The van der Waals surface area contributed by atoms with Crippen LogP contribution in [0.5, 0.6) is 5.75 Å². The van der Waals surface area contributed by atoms with Crippen LogP contribution >= 0.6 is 0 Å². The minimum absolute atomic E-state index is 0.189. The molecular weight excluding hydrogens is 266 g/mol. The molecule has 1 aromatic carbocycles. The van der Waals surface area contributed by atoms with E-state index >= 15 is 0 Å². The monoisotopic (exact) mass is 291 g/mol. The molecule has 1 aromatic rings. The first-order valence-electron chi connectivity index (χ1n) is 7.65. The van der Waals surface area contributed by atoms with E-state index in [1.807, 2.05) is 26.0 Å². The molecule has 1 aliphatic heterocycles. The second-order valence-corrected chi connectivity index (χ2v) is 6.43. The van der Waals surface area contributed by atoms with Crippen LogP contribution in [0, 0.1) is 11.3 Å². The number of carbonyl (C=O) groups is 1. The Morgan fingerprint density at radius 3 is 2.86 bits per heavy atom. The molecule has 1 atom stereocenters. The molecule has 0 saturated heterocycles. The van der Waals surface area contributed by atoms with Gasteiger partial charge < -0.3 is 15.6 Å². The van der Waals surface area contributed by atoms with E-state index < -0.39 is 11.4 Å². The van der Waals surface area contributed by atoms with Crippen molar-refractivity contribution in [3.63, 3.8) is 0 Å². The predicted molar refractivity (Wildman–Crippen MR) is 82.5 cm³/mol. The highest BCUT2D eigenvalue weighted by Crippen LogP contribution is 2.33. The molecule has 0 amide bonds. The van der Waals surface area contributed by atoms with E-state index in [9.17, 15) is 9.90 Å². The fraction of sp³-hybridized carbons (Fsp3) is 0.588. The second kappa shape index (κ2) is 6.48. The van der Waals surface area contributed by atoms with Gasteiger partial charge in [0, 0.05) is 13.0 Å². The third kappa shape index (κ3) is 3.56. The van der Waals surface area contributed by atoms with Crippen molar-refractivity contribution in [2.45, 2.75) is 39.5 Å². The Balaban J connectivity index is 2.09. The number of hydrogen-bond acceptors (Lipinski definition) is 3. The smallest absolute Gasteiger partial charge is 0.310 e. The zero-order valence-electron chi connectivity index (χ0n) is 12.9. The summed E-state index contributed by atoms with van der Waals surface area (Å²) in [5.41, 5.74) is 7.39. The molecule has 0 spiro atoms. The van der Waals surface area contributed by atoms with Gasteiger partial charge in [-0.2, -0.15) is 0 Å². The van der Waals surface area contributed by atoms with Gasteiger partial charge in [0.15, 0.2) is 0 Å². The average Bonchev–Trinajstić information content (AvgIpc) is 2.90. The van der Waals surface area contributed by atoms with Gasteiger partial charge in [-0.05, 0) is 42.4 Å². The standard InChI is InChI=1S/C17H25NO3/c1-12(2)10-17(11-18,16(19)20)7-5-13-3-4-15-14(9-13)6-8-21-15/h3-4,9,12H,5-8,10-11,18H2,1-2H3,(H,19,20). The SMILES string of the molecule is CC(C)CC(CN)(CCc1ccc2c(c1)CCO2)C(=O)O. The van der Waals surface area contributed by atoms with Crippen molar-refractivity contribution >= 4 is 5.97 Å². The van der Waals surface area contributed by atoms with Gasteiger partial charge in [0.25, 0.3) is 0 Å². The molecule has 2 rings (SSSR count). The van der Waals surface area contributed by atoms with Gasteiger partial charge in [-0.25, -0.2) is 0 Å². The molecule has 4 nitrogen and oxygen atoms in total. The lowest BCUT2D eigenvalue weighted by Crippen LogP contribution is -2.40. The van der Waals surface area contributed by atoms with Crippen LogP contribution in [-0.4, -0.2) is 24.2 Å². The van der Waals surface area contributed by atoms with E-state index in [1.54, 1.807) is 0 Å². The first-order chi connectivity index (χ1) is 9.97. The summed E-state index contributed by atoms with van der Waals surface area (Å²) in [5.74, 6) is 0.505. The van der Waals surface area contributed by atoms with E-state index in [-0.39, 0.29) is 6.54 Å². The summed E-state index contributed by atoms with van der Waals surface area (Å²) >= 11 is 0. The Hall–Kier alpha value is -1.55. The van der Waals surface area contributed by atoms with E-state index in [0.717, 1.165) is 25.2 Å². The summed E-state index contributed by atoms with van der Waals surface area (Å²) in [6.45, 7) is 5.02. The number of rotatable bonds is 7. The molecule has 116 valence electrons. The third-order valence-corrected chi connectivity index (χ3v) is 4.29. The number of aliphatic carboxylic acids is 1. The van der Waals surface area contributed by atoms with E-state index in [2.05, 4.69) is 6.07 Å². The summed E-state index contributed by atoms with van der Waals surface area (Å²) in [7, 11) is 0. The van der Waals surface area contributed by atoms with Gasteiger partial charge >= 0.3 is 5.97 Å². The van der Waals surface area contributed by atoms with Crippen LogP contribution < -0.4 is 10.5 Å². The maximum Gasteiger partial charge on any atom is 0.310 e. The normalized spacial score (nSPS) is 16.4. The highest BCUT2D eigenvalue weighted by molar-refractivity contribution is 5.75. The number of hydrogen-bond donors (Lipinski definition) is 2. The van der Waals surface area contributed by atoms with Crippen LogP contribution in [-0.2, 0) is 17.6 Å². The number of carboxylic acids is 1. The molecule has 3 N–H and O–H groups in total. The summed E-state index contributed by atoms with van der Waals surface area (Å²) in [6, 6.07) is 6.16. The molecule has 0 radical (unpaired) electrons. The minimum atomic E-state index is -0.816. The predicted octanol–water partition coefficient (Wildman–Crippen LogP) is 2.63. The van der Waals surface area contributed by atoms with Crippen molar-refractivity contribution in [2.75, 3.05) is 13.2 Å². The Kier molecular flexibility index (Phi) is 4.88. The van der Waals surface area contributed by atoms with Gasteiger partial charge in [0.2, 0.25) is 0 Å². The number of benzene rings is 1. The summed E-state index contributed by atoms with van der Waals surface area (Å²) in [5, 5.41) is 9.61. The first kappa shape index (κ1) is 15.8. The van der Waals surface area contributed by atoms with Gasteiger partial charge in [-0.15, -0.1) is 0 Å². The zero-order valence-corrected chi connectivity index (χ0v) is 12.9. The lowest BCUT2D eigenvalue weighted by molar-refractivity contribution is -0.149. The second-order valence-electron chi connectivity index (χ2n) is 6.43. The molecule has 0 bridgehead atoms. The molecule has 4 heteroatoms. The van der Waals surface area contributed by atoms with Crippen LogP contribution in [0.4, 0.5) is 0 Å². The minimum Gasteiger partial charge on any atom is -0.493 e. The maximum atomic E-state index is 11.7. The topological polar surface area (TPSA) is 72.5 Å². The highest BCUT2D eigenvalue weighted by Gasteiger charge is 2.37. The number of ether oxygens (including phenoxy) is 1. The molecule has 1 aliphatic rings. The Bertz CT molecular complexity index is 513. The molecule has 0 aromatic heterocycles. The van der Waals surface area contributed by atoms with E-state index in [4.69, 9.17) is 10.5 Å². The fourth-order valence-electron chi connectivity index (χ4n) is 3.13. The molecule has 1 heterocycles. The van der Waals surface area contributed by atoms with Gasteiger partial charge in [0.05, 0.1) is 12.0 Å². The van der Waals surface area contributed by atoms with Crippen LogP contribution in [0.25, 0.3) is 0 Å². The zero-order chi connectivity index (χ0) is 15.5. The van der Waals surface area contributed by atoms with Crippen molar-refractivity contribution < 1.29 is 14.6 Å². The maximum absolute atomic E-state index is 11.7. The summed E-state index contributed by atoms with van der Waals surface area (Å²) < 4.78 is 5.50. The number of nitrogens with two attached hydrogens (primary N) is 1.